The first-order valence-corrected chi connectivity index (χ1v) is 18.6. The van der Waals surface area contributed by atoms with E-state index in [0.29, 0.717) is 0 Å². The lowest BCUT2D eigenvalue weighted by Crippen LogP contribution is -2.09. The molecule has 0 N–H and O–H groups in total. The Balaban J connectivity index is 1.12. The van der Waals surface area contributed by atoms with Gasteiger partial charge in [0.2, 0.25) is 0 Å². The lowest BCUT2D eigenvalue weighted by molar-refractivity contribution is 0.669. The molecule has 7 aromatic carbocycles. The van der Waals surface area contributed by atoms with Gasteiger partial charge in [0.1, 0.15) is 16.2 Å². The average molecular weight is 681 g/mol. The molecule has 49 heavy (non-hydrogen) atoms. The third-order valence-corrected chi connectivity index (χ3v) is 12.8. The summed E-state index contributed by atoms with van der Waals surface area (Å²) in [5.41, 5.74) is 7.31. The molecule has 230 valence electrons. The van der Waals surface area contributed by atoms with Gasteiger partial charge in [-0.05, 0) is 66.7 Å². The van der Waals surface area contributed by atoms with Crippen LogP contribution < -0.4 is 4.90 Å². The number of thiophene rings is 2. The number of fused-ring (bicyclic) bond motifs is 11. The van der Waals surface area contributed by atoms with Crippen molar-refractivity contribution in [3.05, 3.63) is 146 Å². The van der Waals surface area contributed by atoms with Gasteiger partial charge in [-0.3, -0.25) is 0 Å². The number of anilines is 3. The van der Waals surface area contributed by atoms with E-state index in [1.165, 1.54) is 45.0 Å². The molecule has 0 saturated heterocycles. The molecule has 0 amide bonds. The van der Waals surface area contributed by atoms with E-state index >= 15 is 0 Å². The van der Waals surface area contributed by atoms with Gasteiger partial charge in [0.05, 0.1) is 10.2 Å². The van der Waals surface area contributed by atoms with E-state index in [2.05, 4.69) is 138 Å². The first-order valence-electron chi connectivity index (χ1n) is 16.2. The fraction of sp³-hybridized carbons (Fsp3) is 0. The number of benzene rings is 7. The van der Waals surface area contributed by atoms with Gasteiger partial charge in [0.15, 0.2) is 0 Å². The summed E-state index contributed by atoms with van der Waals surface area (Å²) in [5, 5.41) is 8.37. The van der Waals surface area contributed by atoms with Gasteiger partial charge < -0.3 is 9.32 Å². The number of furan rings is 1. The molecule has 11 aromatic rings. The summed E-state index contributed by atoms with van der Waals surface area (Å²) in [6, 6.07) is 52.3. The lowest BCUT2D eigenvalue weighted by atomic mass is 10.1. The molecule has 0 aliphatic heterocycles. The Morgan fingerprint density at radius 1 is 0.429 bits per heavy atom. The van der Waals surface area contributed by atoms with Crippen LogP contribution in [0.4, 0.5) is 17.1 Å². The Bertz CT molecular complexity index is 3070. The Hall–Kier alpha value is -5.53. The number of hydrogen-bond donors (Lipinski definition) is 0. The highest BCUT2D eigenvalue weighted by molar-refractivity contribution is 7.27. The van der Waals surface area contributed by atoms with Crippen molar-refractivity contribution in [3.63, 3.8) is 0 Å². The van der Waals surface area contributed by atoms with Crippen LogP contribution in [0.1, 0.15) is 0 Å². The van der Waals surface area contributed by atoms with E-state index < -0.39 is 0 Å². The van der Waals surface area contributed by atoms with Crippen LogP contribution in [-0.2, 0) is 0 Å². The van der Waals surface area contributed by atoms with E-state index in [1.54, 1.807) is 11.3 Å². The Labute approximate surface area is 292 Å². The predicted molar refractivity (Wildman–Crippen MR) is 213 cm³/mol. The van der Waals surface area contributed by atoms with Crippen LogP contribution >= 0.6 is 34.0 Å². The third kappa shape index (κ3) is 4.21. The highest BCUT2D eigenvalue weighted by Gasteiger charge is 2.20. The summed E-state index contributed by atoms with van der Waals surface area (Å²) in [6.45, 7) is 0. The van der Waals surface area contributed by atoms with Gasteiger partial charge >= 0.3 is 0 Å². The smallest absolute Gasteiger partial charge is 0.137 e. The molecule has 0 unspecified atom stereocenters. The van der Waals surface area contributed by atoms with Gasteiger partial charge in [-0.1, -0.05) is 72.8 Å². The summed E-state index contributed by atoms with van der Waals surface area (Å²) in [4.78, 5) is 7.56. The Morgan fingerprint density at radius 3 is 2.00 bits per heavy atom. The number of rotatable bonds is 4. The molecule has 0 aliphatic carbocycles. The van der Waals surface area contributed by atoms with E-state index in [0.717, 1.165) is 55.1 Å². The Morgan fingerprint density at radius 2 is 1.08 bits per heavy atom. The van der Waals surface area contributed by atoms with Crippen LogP contribution in [-0.4, -0.2) is 4.98 Å². The maximum absolute atomic E-state index is 6.39. The zero-order chi connectivity index (χ0) is 32.1. The normalized spacial score (nSPS) is 12.1. The van der Waals surface area contributed by atoms with E-state index in [1.807, 2.05) is 34.8 Å². The summed E-state index contributed by atoms with van der Waals surface area (Å²) in [7, 11) is 0. The molecule has 0 saturated carbocycles. The zero-order valence-corrected chi connectivity index (χ0v) is 28.3. The van der Waals surface area contributed by atoms with E-state index in [4.69, 9.17) is 9.40 Å². The minimum atomic E-state index is 0.883. The molecule has 0 fully saturated rings. The van der Waals surface area contributed by atoms with Crippen molar-refractivity contribution in [1.82, 2.24) is 4.98 Å². The van der Waals surface area contributed by atoms with Crippen molar-refractivity contribution in [2.24, 2.45) is 0 Å². The molecule has 6 heteroatoms. The highest BCUT2D eigenvalue weighted by atomic mass is 32.1. The molecule has 4 aromatic heterocycles. The molecule has 11 rings (SSSR count). The fourth-order valence-electron chi connectivity index (χ4n) is 7.24. The number of para-hydroxylation sites is 1. The van der Waals surface area contributed by atoms with Crippen LogP contribution in [0.25, 0.3) is 83.1 Å². The van der Waals surface area contributed by atoms with Crippen molar-refractivity contribution < 1.29 is 4.42 Å². The Kier molecular flexibility index (Phi) is 5.87. The van der Waals surface area contributed by atoms with Gasteiger partial charge in [0.25, 0.3) is 0 Å². The van der Waals surface area contributed by atoms with E-state index in [9.17, 15) is 0 Å². The SMILES string of the molecule is c1ccc(-c2nc3c(ccc4sc5cc(N(c6ccc7c(c6)oc6ccccc67)c6ccc7sc8ccccc8c7c6)ccc5c43)s2)cc1. The standard InChI is InChI=1S/C43H24N2OS3/c1-2-8-25(9-3-1)43-44-42-39(49-43)21-20-38-41(42)32-18-15-28(24-40(32)48-38)45(26-16-19-37-33(22-26)31-11-5-7-13-36(31)47-37)27-14-17-30-29-10-4-6-12-34(29)46-35(30)23-27/h1-24H. The molecular weight excluding hydrogens is 657 g/mol. The maximum Gasteiger partial charge on any atom is 0.137 e. The molecular formula is C43H24N2OS3. The second kappa shape index (κ2) is 10.5. The van der Waals surface area contributed by atoms with Crippen LogP contribution in [0.15, 0.2) is 150 Å². The predicted octanol–water partition coefficient (Wildman–Crippen LogP) is 14.1. The molecule has 3 nitrogen and oxygen atoms in total. The molecule has 0 atom stereocenters. The number of thiazole rings is 1. The van der Waals surface area contributed by atoms with Crippen molar-refractivity contribution in [1.29, 1.82) is 0 Å². The summed E-state index contributed by atoms with van der Waals surface area (Å²) < 4.78 is 12.7. The molecule has 0 radical (unpaired) electrons. The van der Waals surface area contributed by atoms with Crippen molar-refractivity contribution in [3.8, 4) is 10.6 Å². The number of nitrogens with zero attached hydrogens (tertiary/aromatic N) is 2. The van der Waals surface area contributed by atoms with Crippen LogP contribution in [0.3, 0.4) is 0 Å². The van der Waals surface area contributed by atoms with Crippen LogP contribution in [0.5, 0.6) is 0 Å². The first kappa shape index (κ1) is 27.4. The number of aromatic nitrogens is 1. The van der Waals surface area contributed by atoms with Crippen LogP contribution in [0.2, 0.25) is 0 Å². The fourth-order valence-corrected chi connectivity index (χ4v) is 10.4. The molecule has 0 aliphatic rings. The van der Waals surface area contributed by atoms with Crippen LogP contribution in [0, 0.1) is 0 Å². The summed E-state index contributed by atoms with van der Waals surface area (Å²) in [5.74, 6) is 0. The third-order valence-electron chi connectivity index (χ3n) is 9.50. The van der Waals surface area contributed by atoms with Gasteiger partial charge in [-0.2, -0.15) is 0 Å². The molecule has 0 spiro atoms. The number of hydrogen-bond acceptors (Lipinski definition) is 6. The minimum absolute atomic E-state index is 0.883. The van der Waals surface area contributed by atoms with Crippen molar-refractivity contribution >= 4 is 124 Å². The molecule has 0 bridgehead atoms. The van der Waals surface area contributed by atoms with E-state index in [-0.39, 0.29) is 0 Å². The second-order valence-corrected chi connectivity index (χ2v) is 15.5. The molecule has 4 heterocycles. The van der Waals surface area contributed by atoms with Gasteiger partial charge in [-0.25, -0.2) is 4.98 Å². The lowest BCUT2D eigenvalue weighted by Gasteiger charge is -2.25. The zero-order valence-electron chi connectivity index (χ0n) is 25.9. The average Bonchev–Trinajstić information content (AvgIpc) is 3.92. The largest absolute Gasteiger partial charge is 0.456 e. The van der Waals surface area contributed by atoms with Gasteiger partial charge in [0, 0.05) is 79.8 Å². The quantitative estimate of drug-likeness (QED) is 0.185. The highest BCUT2D eigenvalue weighted by Crippen LogP contribution is 2.46. The minimum Gasteiger partial charge on any atom is -0.456 e. The topological polar surface area (TPSA) is 29.3 Å². The second-order valence-electron chi connectivity index (χ2n) is 12.3. The summed E-state index contributed by atoms with van der Waals surface area (Å²) >= 11 is 5.44. The first-order chi connectivity index (χ1) is 24.2. The summed E-state index contributed by atoms with van der Waals surface area (Å²) in [6.07, 6.45) is 0. The van der Waals surface area contributed by atoms with Crippen molar-refractivity contribution in [2.75, 3.05) is 4.90 Å². The van der Waals surface area contributed by atoms with Crippen molar-refractivity contribution in [2.45, 2.75) is 0 Å². The van der Waals surface area contributed by atoms with Gasteiger partial charge in [-0.15, -0.1) is 34.0 Å². The monoisotopic (exact) mass is 680 g/mol. The maximum atomic E-state index is 6.39.